The molecule has 0 spiro atoms. The molecule has 9 heteroatoms. The van der Waals surface area contributed by atoms with Crippen LogP contribution in [0.2, 0.25) is 0 Å². The maximum absolute atomic E-state index is 13.0. The van der Waals surface area contributed by atoms with Gasteiger partial charge in [0, 0.05) is 25.3 Å². The first-order chi connectivity index (χ1) is 14.3. The van der Waals surface area contributed by atoms with Gasteiger partial charge in [-0.1, -0.05) is 0 Å². The molecule has 2 aromatic carbocycles. The van der Waals surface area contributed by atoms with E-state index in [0.29, 0.717) is 43.9 Å². The second-order valence-electron chi connectivity index (χ2n) is 7.35. The number of aryl methyl sites for hydroxylation is 1. The van der Waals surface area contributed by atoms with Gasteiger partial charge in [-0.25, -0.2) is 22.3 Å². The first-order valence-corrected chi connectivity index (χ1v) is 11.2. The van der Waals surface area contributed by atoms with Crippen molar-refractivity contribution >= 4 is 21.7 Å². The van der Waals surface area contributed by atoms with Gasteiger partial charge in [-0.2, -0.15) is 0 Å². The van der Waals surface area contributed by atoms with Crippen molar-refractivity contribution in [2.24, 2.45) is 5.92 Å². The van der Waals surface area contributed by atoms with Crippen molar-refractivity contribution in [2.45, 2.75) is 24.7 Å². The van der Waals surface area contributed by atoms with Gasteiger partial charge in [0.1, 0.15) is 11.6 Å². The van der Waals surface area contributed by atoms with Crippen molar-refractivity contribution in [2.75, 3.05) is 32.1 Å². The SMILES string of the molecule is COc1ccc(S(=O)(=O)NCC2CCN(C(=O)Nc3ccc(F)cc3)CC2)cc1C. The number of anilines is 1. The zero-order valence-corrected chi connectivity index (χ0v) is 17.8. The second kappa shape index (κ2) is 9.44. The van der Waals surface area contributed by atoms with Crippen molar-refractivity contribution in [3.8, 4) is 5.75 Å². The number of hydrogen-bond donors (Lipinski definition) is 2. The topological polar surface area (TPSA) is 87.7 Å². The number of methoxy groups -OCH3 is 1. The number of carbonyl (C=O) groups excluding carboxylic acids is 1. The van der Waals surface area contributed by atoms with Crippen LogP contribution in [0.4, 0.5) is 14.9 Å². The van der Waals surface area contributed by atoms with Gasteiger partial charge in [0.25, 0.3) is 0 Å². The molecule has 1 fully saturated rings. The van der Waals surface area contributed by atoms with Gasteiger partial charge in [0.15, 0.2) is 0 Å². The third kappa shape index (κ3) is 5.48. The quantitative estimate of drug-likeness (QED) is 0.728. The molecule has 0 aliphatic carbocycles. The summed E-state index contributed by atoms with van der Waals surface area (Å²) in [7, 11) is -2.07. The summed E-state index contributed by atoms with van der Waals surface area (Å²) in [5.41, 5.74) is 1.28. The molecule has 0 saturated carbocycles. The average molecular weight is 436 g/mol. The molecule has 162 valence electrons. The number of amides is 2. The number of nitrogens with zero attached hydrogens (tertiary/aromatic N) is 1. The van der Waals surface area contributed by atoms with Gasteiger partial charge >= 0.3 is 6.03 Å². The van der Waals surface area contributed by atoms with Gasteiger partial charge in [0.05, 0.1) is 12.0 Å². The van der Waals surface area contributed by atoms with Gasteiger partial charge in [-0.15, -0.1) is 0 Å². The van der Waals surface area contributed by atoms with Crippen LogP contribution in [0.3, 0.4) is 0 Å². The molecule has 0 bridgehead atoms. The third-order valence-electron chi connectivity index (χ3n) is 5.24. The van der Waals surface area contributed by atoms with Crippen LogP contribution in [0.1, 0.15) is 18.4 Å². The van der Waals surface area contributed by atoms with E-state index < -0.39 is 10.0 Å². The summed E-state index contributed by atoms with van der Waals surface area (Å²) in [4.78, 5) is 14.2. The smallest absolute Gasteiger partial charge is 0.321 e. The summed E-state index contributed by atoms with van der Waals surface area (Å²) in [6, 6.07) is 10.1. The van der Waals surface area contributed by atoms with Gasteiger partial charge in [-0.05, 0) is 73.7 Å². The lowest BCUT2D eigenvalue weighted by atomic mass is 9.97. The lowest BCUT2D eigenvalue weighted by Gasteiger charge is -2.32. The van der Waals surface area contributed by atoms with Crippen LogP contribution in [0.5, 0.6) is 5.75 Å². The highest BCUT2D eigenvalue weighted by Crippen LogP contribution is 2.22. The summed E-state index contributed by atoms with van der Waals surface area (Å²) in [6.07, 6.45) is 1.39. The Morgan fingerprint density at radius 2 is 1.83 bits per heavy atom. The molecular weight excluding hydrogens is 409 g/mol. The number of halogens is 1. The minimum absolute atomic E-state index is 0.147. The van der Waals surface area contributed by atoms with E-state index >= 15 is 0 Å². The highest BCUT2D eigenvalue weighted by Gasteiger charge is 2.25. The lowest BCUT2D eigenvalue weighted by molar-refractivity contribution is 0.183. The van der Waals surface area contributed by atoms with E-state index in [9.17, 15) is 17.6 Å². The Balaban J connectivity index is 1.49. The van der Waals surface area contributed by atoms with E-state index in [1.165, 1.54) is 30.3 Å². The third-order valence-corrected chi connectivity index (χ3v) is 6.66. The fourth-order valence-corrected chi connectivity index (χ4v) is 4.61. The number of sulfonamides is 1. The Labute approximate surface area is 176 Å². The maximum Gasteiger partial charge on any atom is 0.321 e. The lowest BCUT2D eigenvalue weighted by Crippen LogP contribution is -2.43. The second-order valence-corrected chi connectivity index (χ2v) is 9.12. The summed E-state index contributed by atoms with van der Waals surface area (Å²) < 4.78 is 46.0. The molecule has 0 atom stereocenters. The number of nitrogens with one attached hydrogen (secondary N) is 2. The molecule has 1 saturated heterocycles. The Hall–Kier alpha value is -2.65. The molecule has 0 aromatic heterocycles. The molecule has 0 radical (unpaired) electrons. The molecular formula is C21H26FN3O4S. The van der Waals surface area contributed by atoms with E-state index in [2.05, 4.69) is 10.0 Å². The fraction of sp³-hybridized carbons (Fsp3) is 0.381. The van der Waals surface area contributed by atoms with Crippen LogP contribution >= 0.6 is 0 Å². The van der Waals surface area contributed by atoms with E-state index in [1.54, 1.807) is 31.1 Å². The number of rotatable bonds is 6. The minimum Gasteiger partial charge on any atom is -0.496 e. The average Bonchev–Trinajstić information content (AvgIpc) is 2.74. The van der Waals surface area contributed by atoms with Gasteiger partial charge in [0.2, 0.25) is 10.0 Å². The van der Waals surface area contributed by atoms with Crippen LogP contribution in [0.15, 0.2) is 47.4 Å². The molecule has 3 rings (SSSR count). The van der Waals surface area contributed by atoms with Crippen molar-refractivity contribution in [3.05, 3.63) is 53.8 Å². The maximum atomic E-state index is 13.0. The predicted octanol–water partition coefficient (Wildman–Crippen LogP) is 3.37. The molecule has 30 heavy (non-hydrogen) atoms. The van der Waals surface area contributed by atoms with Crippen LogP contribution in [0, 0.1) is 18.7 Å². The minimum atomic E-state index is -3.61. The summed E-state index contributed by atoms with van der Waals surface area (Å²) in [5.74, 6) is 0.426. The highest BCUT2D eigenvalue weighted by atomic mass is 32.2. The molecule has 2 N–H and O–H groups in total. The molecule has 1 aliphatic rings. The zero-order chi connectivity index (χ0) is 21.7. The first kappa shape index (κ1) is 22.0. The number of piperidine rings is 1. The molecule has 2 aromatic rings. The van der Waals surface area contributed by atoms with Crippen LogP contribution in [-0.4, -0.2) is 46.1 Å². The number of urea groups is 1. The Morgan fingerprint density at radius 1 is 1.17 bits per heavy atom. The van der Waals surface area contributed by atoms with E-state index in [-0.39, 0.29) is 22.7 Å². The van der Waals surface area contributed by atoms with E-state index in [1.807, 2.05) is 0 Å². The first-order valence-electron chi connectivity index (χ1n) is 9.74. The van der Waals surface area contributed by atoms with Crippen LogP contribution in [-0.2, 0) is 10.0 Å². The van der Waals surface area contributed by atoms with Crippen molar-refractivity contribution < 1.29 is 22.3 Å². The van der Waals surface area contributed by atoms with E-state index in [0.717, 1.165) is 5.56 Å². The van der Waals surface area contributed by atoms with Gasteiger partial charge in [-0.3, -0.25) is 0 Å². The molecule has 0 unspecified atom stereocenters. The highest BCUT2D eigenvalue weighted by molar-refractivity contribution is 7.89. The molecule has 2 amide bonds. The van der Waals surface area contributed by atoms with E-state index in [4.69, 9.17) is 4.74 Å². The molecule has 1 aliphatic heterocycles. The van der Waals surface area contributed by atoms with Crippen molar-refractivity contribution in [3.63, 3.8) is 0 Å². The summed E-state index contributed by atoms with van der Waals surface area (Å²) in [5, 5.41) is 2.74. The zero-order valence-electron chi connectivity index (χ0n) is 17.0. The number of benzene rings is 2. The monoisotopic (exact) mass is 435 g/mol. The standard InChI is InChI=1S/C21H26FN3O4S/c1-15-13-19(7-8-20(15)29-2)30(27,28)23-14-16-9-11-25(12-10-16)21(26)24-18-5-3-17(22)4-6-18/h3-8,13,16,23H,9-12,14H2,1-2H3,(H,24,26). The van der Waals surface area contributed by atoms with Crippen molar-refractivity contribution in [1.29, 1.82) is 0 Å². The summed E-state index contributed by atoms with van der Waals surface area (Å²) in [6.45, 7) is 3.17. The normalized spacial score (nSPS) is 15.1. The number of ether oxygens (including phenoxy) is 1. The van der Waals surface area contributed by atoms with Gasteiger partial charge < -0.3 is 15.0 Å². The predicted molar refractivity (Wildman–Crippen MR) is 113 cm³/mol. The molecule has 7 nitrogen and oxygen atoms in total. The number of likely N-dealkylation sites (tertiary alicyclic amines) is 1. The van der Waals surface area contributed by atoms with Crippen LogP contribution in [0.25, 0.3) is 0 Å². The number of carbonyl (C=O) groups is 1. The molecule has 1 heterocycles. The Bertz CT molecular complexity index is 988. The van der Waals surface area contributed by atoms with Crippen LogP contribution < -0.4 is 14.8 Å². The largest absolute Gasteiger partial charge is 0.496 e. The summed E-state index contributed by atoms with van der Waals surface area (Å²) >= 11 is 0. The number of hydrogen-bond acceptors (Lipinski definition) is 4. The fourth-order valence-electron chi connectivity index (χ4n) is 3.40. The Kier molecular flexibility index (Phi) is 6.94. The van der Waals surface area contributed by atoms with Crippen molar-refractivity contribution in [1.82, 2.24) is 9.62 Å². The Morgan fingerprint density at radius 3 is 2.43 bits per heavy atom.